The summed E-state index contributed by atoms with van der Waals surface area (Å²) in [4.78, 5) is 14.5. The van der Waals surface area contributed by atoms with Crippen molar-refractivity contribution in [2.75, 3.05) is 0 Å². The maximum atomic E-state index is 11.1. The zero-order chi connectivity index (χ0) is 13.4. The zero-order valence-corrected chi connectivity index (χ0v) is 11.0. The highest BCUT2D eigenvalue weighted by atomic mass is 16.1. The van der Waals surface area contributed by atoms with Crippen LogP contribution in [0.25, 0.3) is 21.9 Å². The van der Waals surface area contributed by atoms with Gasteiger partial charge in [-0.05, 0) is 36.2 Å². The van der Waals surface area contributed by atoms with Gasteiger partial charge in [-0.25, -0.2) is 0 Å². The number of hydrogen-bond donors (Lipinski definition) is 1. The molecule has 0 saturated carbocycles. The standard InChI is InChI=1S/C17H15NO/c1-11-9-17(12(2)18-11)16-8-7-13(10-19)14-5-3-4-6-15(14)16/h3-10,18H,1-2H3. The topological polar surface area (TPSA) is 32.9 Å². The van der Waals surface area contributed by atoms with Crippen molar-refractivity contribution in [3.05, 3.63) is 59.4 Å². The van der Waals surface area contributed by atoms with Gasteiger partial charge in [0.05, 0.1) is 0 Å². The molecule has 1 aromatic heterocycles. The molecule has 1 N–H and O–H groups in total. The lowest BCUT2D eigenvalue weighted by Gasteiger charge is -2.08. The quantitative estimate of drug-likeness (QED) is 0.676. The van der Waals surface area contributed by atoms with E-state index in [4.69, 9.17) is 0 Å². The fraction of sp³-hybridized carbons (Fsp3) is 0.118. The van der Waals surface area contributed by atoms with Gasteiger partial charge in [-0.2, -0.15) is 0 Å². The van der Waals surface area contributed by atoms with Crippen LogP contribution in [0, 0.1) is 13.8 Å². The molecule has 0 bridgehead atoms. The number of fused-ring (bicyclic) bond motifs is 1. The van der Waals surface area contributed by atoms with E-state index in [2.05, 4.69) is 31.0 Å². The van der Waals surface area contributed by atoms with Crippen LogP contribution in [0.15, 0.2) is 42.5 Å². The normalized spacial score (nSPS) is 10.8. The number of carbonyl (C=O) groups excluding carboxylic acids is 1. The number of benzene rings is 2. The molecule has 0 unspecified atom stereocenters. The monoisotopic (exact) mass is 249 g/mol. The maximum Gasteiger partial charge on any atom is 0.150 e. The van der Waals surface area contributed by atoms with E-state index < -0.39 is 0 Å². The van der Waals surface area contributed by atoms with E-state index in [0.717, 1.165) is 34.0 Å². The molecule has 2 nitrogen and oxygen atoms in total. The van der Waals surface area contributed by atoms with Crippen molar-refractivity contribution in [2.45, 2.75) is 13.8 Å². The van der Waals surface area contributed by atoms with Crippen LogP contribution in [-0.4, -0.2) is 11.3 Å². The Labute approximate surface area is 112 Å². The molecule has 0 saturated heterocycles. The lowest BCUT2D eigenvalue weighted by molar-refractivity contribution is 0.112. The molecular weight excluding hydrogens is 234 g/mol. The Kier molecular flexibility index (Phi) is 2.71. The molecule has 0 aliphatic rings. The number of aromatic amines is 1. The van der Waals surface area contributed by atoms with Crippen molar-refractivity contribution >= 4 is 17.1 Å². The van der Waals surface area contributed by atoms with Crippen LogP contribution >= 0.6 is 0 Å². The Morgan fingerprint density at radius 3 is 2.32 bits per heavy atom. The minimum Gasteiger partial charge on any atom is -0.362 e. The van der Waals surface area contributed by atoms with Gasteiger partial charge < -0.3 is 4.98 Å². The SMILES string of the molecule is Cc1cc(-c2ccc(C=O)c3ccccc23)c(C)[nH]1. The Morgan fingerprint density at radius 2 is 1.68 bits per heavy atom. The van der Waals surface area contributed by atoms with Crippen LogP contribution in [0.2, 0.25) is 0 Å². The highest BCUT2D eigenvalue weighted by Crippen LogP contribution is 2.32. The van der Waals surface area contributed by atoms with Crippen LogP contribution in [0.5, 0.6) is 0 Å². The Balaban J connectivity index is 2.37. The minimum absolute atomic E-state index is 0.740. The van der Waals surface area contributed by atoms with Crippen LogP contribution in [-0.2, 0) is 0 Å². The first-order chi connectivity index (χ1) is 9.20. The van der Waals surface area contributed by atoms with Crippen molar-refractivity contribution in [3.63, 3.8) is 0 Å². The summed E-state index contributed by atoms with van der Waals surface area (Å²) in [7, 11) is 0. The summed E-state index contributed by atoms with van der Waals surface area (Å²) in [5, 5.41) is 2.13. The molecule has 0 amide bonds. The lowest BCUT2D eigenvalue weighted by Crippen LogP contribution is -1.87. The molecule has 0 aliphatic heterocycles. The number of H-pyrrole nitrogens is 1. The number of carbonyl (C=O) groups is 1. The number of rotatable bonds is 2. The molecule has 0 fully saturated rings. The summed E-state index contributed by atoms with van der Waals surface area (Å²) < 4.78 is 0. The number of hydrogen-bond acceptors (Lipinski definition) is 1. The Hall–Kier alpha value is -2.35. The highest BCUT2D eigenvalue weighted by molar-refractivity contribution is 6.05. The van der Waals surface area contributed by atoms with E-state index in [1.807, 2.05) is 30.3 Å². The Bertz CT molecular complexity index is 768. The third-order valence-electron chi connectivity index (χ3n) is 3.52. The van der Waals surface area contributed by atoms with Crippen molar-refractivity contribution in [3.8, 4) is 11.1 Å². The third-order valence-corrected chi connectivity index (χ3v) is 3.52. The molecule has 19 heavy (non-hydrogen) atoms. The average molecular weight is 249 g/mol. The summed E-state index contributed by atoms with van der Waals surface area (Å²) in [5.74, 6) is 0. The molecule has 3 aromatic rings. The van der Waals surface area contributed by atoms with E-state index in [1.165, 1.54) is 11.1 Å². The van der Waals surface area contributed by atoms with Gasteiger partial charge in [0.25, 0.3) is 0 Å². The molecule has 0 radical (unpaired) electrons. The smallest absolute Gasteiger partial charge is 0.150 e. The predicted molar refractivity (Wildman–Crippen MR) is 78.6 cm³/mol. The number of aryl methyl sites for hydroxylation is 2. The molecule has 0 atom stereocenters. The fourth-order valence-electron chi connectivity index (χ4n) is 2.66. The molecule has 94 valence electrons. The van der Waals surface area contributed by atoms with Crippen LogP contribution in [0.3, 0.4) is 0 Å². The second-order valence-electron chi connectivity index (χ2n) is 4.86. The van der Waals surface area contributed by atoms with Crippen molar-refractivity contribution in [1.82, 2.24) is 4.98 Å². The number of nitrogens with one attached hydrogen (secondary N) is 1. The summed E-state index contributed by atoms with van der Waals surface area (Å²) in [5.41, 5.74) is 5.41. The third kappa shape index (κ3) is 1.85. The number of aldehydes is 1. The first-order valence-electron chi connectivity index (χ1n) is 6.34. The van der Waals surface area contributed by atoms with E-state index in [9.17, 15) is 4.79 Å². The highest BCUT2D eigenvalue weighted by Gasteiger charge is 2.10. The van der Waals surface area contributed by atoms with Crippen LogP contribution in [0.4, 0.5) is 0 Å². The van der Waals surface area contributed by atoms with Gasteiger partial charge in [0.15, 0.2) is 6.29 Å². The zero-order valence-electron chi connectivity index (χ0n) is 11.0. The summed E-state index contributed by atoms with van der Waals surface area (Å²) in [6, 6.07) is 14.1. The molecule has 2 aromatic carbocycles. The van der Waals surface area contributed by atoms with Gasteiger partial charge in [-0.3, -0.25) is 4.79 Å². The molecular formula is C17H15NO. The van der Waals surface area contributed by atoms with Crippen molar-refractivity contribution in [1.29, 1.82) is 0 Å². The first kappa shape index (κ1) is 11.7. The lowest BCUT2D eigenvalue weighted by atomic mass is 9.95. The number of aromatic nitrogens is 1. The van der Waals surface area contributed by atoms with Crippen molar-refractivity contribution in [2.24, 2.45) is 0 Å². The predicted octanol–water partition coefficient (Wildman–Crippen LogP) is 4.26. The average Bonchev–Trinajstić information content (AvgIpc) is 2.76. The molecule has 2 heteroatoms. The first-order valence-corrected chi connectivity index (χ1v) is 6.34. The van der Waals surface area contributed by atoms with Gasteiger partial charge in [-0.15, -0.1) is 0 Å². The second kappa shape index (κ2) is 4.39. The maximum absolute atomic E-state index is 11.1. The second-order valence-corrected chi connectivity index (χ2v) is 4.86. The van der Waals surface area contributed by atoms with E-state index in [0.29, 0.717) is 0 Å². The largest absolute Gasteiger partial charge is 0.362 e. The summed E-state index contributed by atoms with van der Waals surface area (Å²) in [6.45, 7) is 4.13. The molecule has 1 heterocycles. The fourth-order valence-corrected chi connectivity index (χ4v) is 2.66. The Morgan fingerprint density at radius 1 is 0.947 bits per heavy atom. The van der Waals surface area contributed by atoms with Gasteiger partial charge in [0.2, 0.25) is 0 Å². The van der Waals surface area contributed by atoms with Gasteiger partial charge in [0, 0.05) is 22.5 Å². The summed E-state index contributed by atoms with van der Waals surface area (Å²) in [6.07, 6.45) is 0.918. The van der Waals surface area contributed by atoms with Crippen molar-refractivity contribution < 1.29 is 4.79 Å². The molecule has 3 rings (SSSR count). The van der Waals surface area contributed by atoms with Gasteiger partial charge in [-0.1, -0.05) is 36.4 Å². The van der Waals surface area contributed by atoms with E-state index >= 15 is 0 Å². The summed E-state index contributed by atoms with van der Waals surface area (Å²) >= 11 is 0. The van der Waals surface area contributed by atoms with Crippen LogP contribution < -0.4 is 0 Å². The van der Waals surface area contributed by atoms with Gasteiger partial charge in [0.1, 0.15) is 0 Å². The molecule has 0 aliphatic carbocycles. The van der Waals surface area contributed by atoms with E-state index in [-0.39, 0.29) is 0 Å². The minimum atomic E-state index is 0.740. The van der Waals surface area contributed by atoms with E-state index in [1.54, 1.807) is 0 Å². The van der Waals surface area contributed by atoms with Gasteiger partial charge >= 0.3 is 0 Å². The van der Waals surface area contributed by atoms with Crippen LogP contribution in [0.1, 0.15) is 21.7 Å². The molecule has 0 spiro atoms.